The minimum atomic E-state index is 0.512. The van der Waals surface area contributed by atoms with Gasteiger partial charge in [-0.2, -0.15) is 0 Å². The zero-order chi connectivity index (χ0) is 13.7. The molecule has 0 aliphatic heterocycles. The van der Waals surface area contributed by atoms with Gasteiger partial charge in [-0.05, 0) is 30.3 Å². The molecule has 2 rings (SSSR count). The van der Waals surface area contributed by atoms with Crippen LogP contribution in [0.15, 0.2) is 36.5 Å². The summed E-state index contributed by atoms with van der Waals surface area (Å²) >= 11 is 0. The van der Waals surface area contributed by atoms with E-state index in [1.807, 2.05) is 18.2 Å². The van der Waals surface area contributed by atoms with Gasteiger partial charge in [-0.3, -0.25) is 0 Å². The van der Waals surface area contributed by atoms with E-state index in [2.05, 4.69) is 15.6 Å². The van der Waals surface area contributed by atoms with Gasteiger partial charge in [0.25, 0.3) is 0 Å². The molecule has 0 aliphatic carbocycles. The first-order valence-electron chi connectivity index (χ1n) is 5.99. The molecule has 0 bridgehead atoms. The molecule has 0 aliphatic rings. The van der Waals surface area contributed by atoms with Gasteiger partial charge in [0.1, 0.15) is 5.82 Å². The number of benzene rings is 1. The number of nitrogen functional groups attached to an aromatic ring is 3. The maximum atomic E-state index is 5.84. The molecule has 0 fully saturated rings. The molecule has 0 saturated heterocycles. The van der Waals surface area contributed by atoms with Crippen LogP contribution in [0.2, 0.25) is 0 Å². The summed E-state index contributed by atoms with van der Waals surface area (Å²) in [6.45, 7) is 1.48. The van der Waals surface area contributed by atoms with Gasteiger partial charge in [-0.15, -0.1) is 0 Å². The smallest absolute Gasteiger partial charge is 0.123 e. The molecule has 19 heavy (non-hydrogen) atoms. The van der Waals surface area contributed by atoms with E-state index in [1.54, 1.807) is 18.3 Å². The zero-order valence-electron chi connectivity index (χ0n) is 10.6. The highest BCUT2D eigenvalue weighted by Crippen LogP contribution is 2.20. The van der Waals surface area contributed by atoms with E-state index in [4.69, 9.17) is 17.2 Å². The van der Waals surface area contributed by atoms with Crippen LogP contribution in [0, 0.1) is 0 Å². The molecule has 0 saturated carbocycles. The Bertz CT molecular complexity index is 537. The van der Waals surface area contributed by atoms with Crippen LogP contribution < -0.4 is 27.8 Å². The van der Waals surface area contributed by atoms with Crippen LogP contribution in [-0.2, 0) is 0 Å². The van der Waals surface area contributed by atoms with Crippen LogP contribution in [0.3, 0.4) is 0 Å². The van der Waals surface area contributed by atoms with Crippen molar-refractivity contribution in [3.8, 4) is 0 Å². The summed E-state index contributed by atoms with van der Waals surface area (Å²) in [4.78, 5) is 4.00. The number of aromatic nitrogens is 1. The highest BCUT2D eigenvalue weighted by molar-refractivity contribution is 5.70. The first-order chi connectivity index (χ1) is 9.15. The Kier molecular flexibility index (Phi) is 3.92. The summed E-state index contributed by atoms with van der Waals surface area (Å²) in [7, 11) is 0. The van der Waals surface area contributed by atoms with Crippen molar-refractivity contribution in [2.24, 2.45) is 0 Å². The SMILES string of the molecule is Nc1ccc(NCCNc2ccc(N)nc2)c(N)c1. The number of rotatable bonds is 5. The molecular formula is C13H18N6. The standard InChI is InChI=1S/C13H18N6/c14-9-1-3-12(11(15)7-9)18-6-5-17-10-2-4-13(16)19-8-10/h1-4,7-8,17-18H,5-6,14-15H2,(H2,16,19). The van der Waals surface area contributed by atoms with E-state index in [9.17, 15) is 0 Å². The quantitative estimate of drug-likeness (QED) is 0.408. The van der Waals surface area contributed by atoms with Gasteiger partial charge < -0.3 is 27.8 Å². The van der Waals surface area contributed by atoms with Crippen molar-refractivity contribution in [3.05, 3.63) is 36.5 Å². The summed E-state index contributed by atoms with van der Waals surface area (Å²) in [6.07, 6.45) is 1.70. The Morgan fingerprint density at radius 1 is 0.947 bits per heavy atom. The summed E-state index contributed by atoms with van der Waals surface area (Å²) in [5.41, 5.74) is 20.1. The van der Waals surface area contributed by atoms with E-state index >= 15 is 0 Å². The van der Waals surface area contributed by atoms with E-state index in [1.165, 1.54) is 0 Å². The van der Waals surface area contributed by atoms with Crippen LogP contribution in [0.5, 0.6) is 0 Å². The topological polar surface area (TPSA) is 115 Å². The number of hydrogen-bond donors (Lipinski definition) is 5. The fraction of sp³-hybridized carbons (Fsp3) is 0.154. The number of nitrogens with one attached hydrogen (secondary N) is 2. The third kappa shape index (κ3) is 3.67. The third-order valence-corrected chi connectivity index (χ3v) is 2.63. The lowest BCUT2D eigenvalue weighted by molar-refractivity contribution is 1.08. The van der Waals surface area contributed by atoms with Crippen molar-refractivity contribution in [1.82, 2.24) is 4.98 Å². The van der Waals surface area contributed by atoms with Gasteiger partial charge in [0, 0.05) is 18.8 Å². The third-order valence-electron chi connectivity index (χ3n) is 2.63. The Balaban J connectivity index is 1.79. The van der Waals surface area contributed by atoms with Crippen molar-refractivity contribution in [3.63, 3.8) is 0 Å². The highest BCUT2D eigenvalue weighted by atomic mass is 15.0. The highest BCUT2D eigenvalue weighted by Gasteiger charge is 1.98. The van der Waals surface area contributed by atoms with Crippen LogP contribution in [-0.4, -0.2) is 18.1 Å². The van der Waals surface area contributed by atoms with Gasteiger partial charge in [0.2, 0.25) is 0 Å². The molecule has 1 aromatic heterocycles. The Morgan fingerprint density at radius 3 is 2.42 bits per heavy atom. The van der Waals surface area contributed by atoms with Gasteiger partial charge in [0.15, 0.2) is 0 Å². The Labute approximate surface area is 112 Å². The first-order valence-corrected chi connectivity index (χ1v) is 5.99. The molecule has 6 heteroatoms. The lowest BCUT2D eigenvalue weighted by atomic mass is 10.2. The number of nitrogens with two attached hydrogens (primary N) is 3. The van der Waals surface area contributed by atoms with Crippen molar-refractivity contribution in [1.29, 1.82) is 0 Å². The average molecular weight is 258 g/mol. The normalized spacial score (nSPS) is 10.1. The average Bonchev–Trinajstić information content (AvgIpc) is 2.39. The fourth-order valence-electron chi connectivity index (χ4n) is 1.66. The maximum absolute atomic E-state index is 5.84. The van der Waals surface area contributed by atoms with Crippen LogP contribution >= 0.6 is 0 Å². The van der Waals surface area contributed by atoms with E-state index in [-0.39, 0.29) is 0 Å². The summed E-state index contributed by atoms with van der Waals surface area (Å²) < 4.78 is 0. The van der Waals surface area contributed by atoms with Crippen molar-refractivity contribution in [2.45, 2.75) is 0 Å². The van der Waals surface area contributed by atoms with E-state index in [0.717, 1.165) is 24.5 Å². The maximum Gasteiger partial charge on any atom is 0.123 e. The molecule has 6 nitrogen and oxygen atoms in total. The Hall–Kier alpha value is -2.63. The van der Waals surface area contributed by atoms with Gasteiger partial charge >= 0.3 is 0 Å². The second-order valence-corrected chi connectivity index (χ2v) is 4.17. The second-order valence-electron chi connectivity index (χ2n) is 4.17. The fourth-order valence-corrected chi connectivity index (χ4v) is 1.66. The molecule has 0 unspecified atom stereocenters. The van der Waals surface area contributed by atoms with Crippen molar-refractivity contribution < 1.29 is 0 Å². The Morgan fingerprint density at radius 2 is 1.74 bits per heavy atom. The molecule has 0 radical (unpaired) electrons. The number of nitrogens with zero attached hydrogens (tertiary/aromatic N) is 1. The van der Waals surface area contributed by atoms with Crippen LogP contribution in [0.25, 0.3) is 0 Å². The molecule has 100 valence electrons. The monoisotopic (exact) mass is 258 g/mol. The predicted molar refractivity (Wildman–Crippen MR) is 80.9 cm³/mol. The largest absolute Gasteiger partial charge is 0.399 e. The van der Waals surface area contributed by atoms with Crippen LogP contribution in [0.4, 0.5) is 28.6 Å². The molecule has 0 spiro atoms. The lowest BCUT2D eigenvalue weighted by Gasteiger charge is -2.11. The number of hydrogen-bond acceptors (Lipinski definition) is 6. The predicted octanol–water partition coefficient (Wildman–Crippen LogP) is 1.35. The summed E-state index contributed by atoms with van der Waals surface area (Å²) in [5, 5.41) is 6.46. The van der Waals surface area contributed by atoms with Crippen molar-refractivity contribution in [2.75, 3.05) is 40.9 Å². The van der Waals surface area contributed by atoms with Gasteiger partial charge in [-0.1, -0.05) is 0 Å². The van der Waals surface area contributed by atoms with Crippen molar-refractivity contribution >= 4 is 28.6 Å². The summed E-state index contributed by atoms with van der Waals surface area (Å²) in [5.74, 6) is 0.512. The molecule has 0 amide bonds. The van der Waals surface area contributed by atoms with Gasteiger partial charge in [0.05, 0.1) is 23.3 Å². The number of pyridine rings is 1. The van der Waals surface area contributed by atoms with E-state index in [0.29, 0.717) is 17.2 Å². The lowest BCUT2D eigenvalue weighted by Crippen LogP contribution is -2.14. The minimum Gasteiger partial charge on any atom is -0.399 e. The number of anilines is 5. The zero-order valence-corrected chi connectivity index (χ0v) is 10.6. The first kappa shape index (κ1) is 12.8. The molecule has 0 atom stereocenters. The summed E-state index contributed by atoms with van der Waals surface area (Å²) in [6, 6.07) is 9.07. The van der Waals surface area contributed by atoms with Crippen LogP contribution in [0.1, 0.15) is 0 Å². The molecule has 2 aromatic rings. The minimum absolute atomic E-state index is 0.512. The second kappa shape index (κ2) is 5.81. The van der Waals surface area contributed by atoms with E-state index < -0.39 is 0 Å². The molecular weight excluding hydrogens is 240 g/mol. The molecule has 1 aromatic carbocycles. The molecule has 8 N–H and O–H groups in total. The van der Waals surface area contributed by atoms with Gasteiger partial charge in [-0.25, -0.2) is 4.98 Å². The molecule has 1 heterocycles.